The number of hydrogen-bond donors (Lipinski definition) is 1. The van der Waals surface area contributed by atoms with Crippen molar-refractivity contribution in [2.24, 2.45) is 11.8 Å². The highest BCUT2D eigenvalue weighted by Gasteiger charge is 2.13. The first-order valence-electron chi connectivity index (χ1n) is 7.60. The third kappa shape index (κ3) is 7.12. The lowest BCUT2D eigenvalue weighted by molar-refractivity contribution is 0.363. The first-order valence-corrected chi connectivity index (χ1v) is 8.40. The summed E-state index contributed by atoms with van der Waals surface area (Å²) in [6, 6.07) is 8.74. The third-order valence-corrected chi connectivity index (χ3v) is 4.20. The maximum atomic E-state index is 3.59. The smallest absolute Gasteiger partial charge is 0.0177 e. The van der Waals surface area contributed by atoms with E-state index in [1.807, 2.05) is 0 Å². The zero-order chi connectivity index (χ0) is 14.1. The fourth-order valence-corrected chi connectivity index (χ4v) is 2.90. The fraction of sp³-hybridized carbons (Fsp3) is 0.647. The van der Waals surface area contributed by atoms with Crippen LogP contribution < -0.4 is 5.32 Å². The van der Waals surface area contributed by atoms with Crippen molar-refractivity contribution in [2.75, 3.05) is 13.1 Å². The van der Waals surface area contributed by atoms with Crippen LogP contribution in [0.25, 0.3) is 0 Å². The molecule has 0 saturated heterocycles. The van der Waals surface area contributed by atoms with E-state index in [9.17, 15) is 0 Å². The van der Waals surface area contributed by atoms with E-state index in [1.54, 1.807) is 0 Å². The van der Waals surface area contributed by atoms with Gasteiger partial charge in [-0.15, -0.1) is 0 Å². The van der Waals surface area contributed by atoms with E-state index in [0.717, 1.165) is 24.9 Å². The van der Waals surface area contributed by atoms with E-state index in [-0.39, 0.29) is 0 Å². The number of nitrogens with one attached hydrogen (secondary N) is 1. The van der Waals surface area contributed by atoms with Gasteiger partial charge < -0.3 is 5.32 Å². The van der Waals surface area contributed by atoms with Crippen LogP contribution in [0.4, 0.5) is 0 Å². The van der Waals surface area contributed by atoms with Gasteiger partial charge in [0.05, 0.1) is 0 Å². The quantitative estimate of drug-likeness (QED) is 0.627. The van der Waals surface area contributed by atoms with Crippen LogP contribution in [0.1, 0.15) is 45.6 Å². The Hall–Kier alpha value is -0.340. The molecule has 0 aliphatic heterocycles. The molecule has 1 rings (SSSR count). The second-order valence-corrected chi connectivity index (χ2v) is 6.57. The summed E-state index contributed by atoms with van der Waals surface area (Å²) in [5.41, 5.74) is 1.45. The lowest BCUT2D eigenvalue weighted by Gasteiger charge is -2.21. The molecule has 2 heteroatoms. The largest absolute Gasteiger partial charge is 0.316 e. The Balaban J connectivity index is 2.56. The molecule has 0 aliphatic rings. The summed E-state index contributed by atoms with van der Waals surface area (Å²) in [6.07, 6.45) is 5.00. The molecule has 0 bridgehead atoms. The number of rotatable bonds is 9. The lowest BCUT2D eigenvalue weighted by Crippen LogP contribution is -2.26. The molecule has 0 amide bonds. The SMILES string of the molecule is CCCNCC(Cc1cccc(Br)c1)CC(C)CC. The standard InChI is InChI=1S/C17H28BrN/c1-4-9-19-13-16(10-14(3)5-2)11-15-7-6-8-17(18)12-15/h6-8,12,14,16,19H,4-5,9-11,13H2,1-3H3. The molecule has 1 nitrogen and oxygen atoms in total. The van der Waals surface area contributed by atoms with Crippen molar-refractivity contribution in [1.82, 2.24) is 5.32 Å². The molecule has 2 atom stereocenters. The van der Waals surface area contributed by atoms with Crippen molar-refractivity contribution < 1.29 is 0 Å². The monoisotopic (exact) mass is 325 g/mol. The third-order valence-electron chi connectivity index (χ3n) is 3.71. The molecular weight excluding hydrogens is 298 g/mol. The summed E-state index contributed by atoms with van der Waals surface area (Å²) in [5, 5.41) is 3.59. The van der Waals surface area contributed by atoms with Crippen LogP contribution in [0, 0.1) is 11.8 Å². The molecule has 2 unspecified atom stereocenters. The minimum Gasteiger partial charge on any atom is -0.316 e. The zero-order valence-corrected chi connectivity index (χ0v) is 14.2. The molecule has 0 saturated carbocycles. The van der Waals surface area contributed by atoms with Crippen LogP contribution in [-0.4, -0.2) is 13.1 Å². The van der Waals surface area contributed by atoms with Gasteiger partial charge in [0.15, 0.2) is 0 Å². The lowest BCUT2D eigenvalue weighted by atomic mass is 9.89. The fourth-order valence-electron chi connectivity index (χ4n) is 2.45. The number of halogens is 1. The van der Waals surface area contributed by atoms with Crippen LogP contribution in [0.5, 0.6) is 0 Å². The minimum atomic E-state index is 0.746. The highest BCUT2D eigenvalue weighted by atomic mass is 79.9. The Morgan fingerprint density at radius 1 is 1.26 bits per heavy atom. The predicted octanol–water partition coefficient (Wildman–Crippen LogP) is 5.04. The van der Waals surface area contributed by atoms with Gasteiger partial charge in [-0.25, -0.2) is 0 Å². The average Bonchev–Trinajstić information content (AvgIpc) is 2.38. The maximum absolute atomic E-state index is 3.59. The van der Waals surface area contributed by atoms with Gasteiger partial charge in [-0.05, 0) is 61.9 Å². The van der Waals surface area contributed by atoms with Gasteiger partial charge in [0, 0.05) is 4.47 Å². The Kier molecular flexibility index (Phi) is 8.40. The summed E-state index contributed by atoms with van der Waals surface area (Å²) < 4.78 is 1.19. The Bertz CT molecular complexity index is 351. The van der Waals surface area contributed by atoms with Crippen molar-refractivity contribution in [1.29, 1.82) is 0 Å². The van der Waals surface area contributed by atoms with Gasteiger partial charge in [0.2, 0.25) is 0 Å². The van der Waals surface area contributed by atoms with Gasteiger partial charge in [-0.2, -0.15) is 0 Å². The van der Waals surface area contributed by atoms with E-state index < -0.39 is 0 Å². The van der Waals surface area contributed by atoms with Crippen molar-refractivity contribution in [3.8, 4) is 0 Å². The molecule has 1 aromatic rings. The van der Waals surface area contributed by atoms with Crippen LogP contribution >= 0.6 is 15.9 Å². The summed E-state index contributed by atoms with van der Waals surface area (Å²) in [5.74, 6) is 1.57. The molecule has 0 radical (unpaired) electrons. The van der Waals surface area contributed by atoms with E-state index in [0.29, 0.717) is 0 Å². The van der Waals surface area contributed by atoms with Gasteiger partial charge >= 0.3 is 0 Å². The van der Waals surface area contributed by atoms with E-state index in [4.69, 9.17) is 0 Å². The summed E-state index contributed by atoms with van der Waals surface area (Å²) in [4.78, 5) is 0. The van der Waals surface area contributed by atoms with Gasteiger partial charge in [0.1, 0.15) is 0 Å². The molecule has 0 fully saturated rings. The predicted molar refractivity (Wildman–Crippen MR) is 88.6 cm³/mol. The molecule has 0 heterocycles. The topological polar surface area (TPSA) is 12.0 Å². The first-order chi connectivity index (χ1) is 9.15. The molecule has 1 aromatic carbocycles. The van der Waals surface area contributed by atoms with Gasteiger partial charge in [0.25, 0.3) is 0 Å². The molecule has 108 valence electrons. The average molecular weight is 326 g/mol. The molecular formula is C17H28BrN. The summed E-state index contributed by atoms with van der Waals surface area (Å²) >= 11 is 3.56. The van der Waals surface area contributed by atoms with Crippen molar-refractivity contribution in [3.63, 3.8) is 0 Å². The van der Waals surface area contributed by atoms with Gasteiger partial charge in [-0.3, -0.25) is 0 Å². The molecule has 19 heavy (non-hydrogen) atoms. The molecule has 0 spiro atoms. The second-order valence-electron chi connectivity index (χ2n) is 5.65. The number of hydrogen-bond acceptors (Lipinski definition) is 1. The minimum absolute atomic E-state index is 0.746. The number of benzene rings is 1. The zero-order valence-electron chi connectivity index (χ0n) is 12.6. The summed E-state index contributed by atoms with van der Waals surface area (Å²) in [6.45, 7) is 9.17. The van der Waals surface area contributed by atoms with Crippen LogP contribution in [0.15, 0.2) is 28.7 Å². The normalized spacial score (nSPS) is 14.3. The van der Waals surface area contributed by atoms with E-state index in [2.05, 4.69) is 66.3 Å². The van der Waals surface area contributed by atoms with E-state index in [1.165, 1.54) is 35.7 Å². The van der Waals surface area contributed by atoms with Crippen LogP contribution in [-0.2, 0) is 6.42 Å². The summed E-state index contributed by atoms with van der Waals surface area (Å²) in [7, 11) is 0. The van der Waals surface area contributed by atoms with Crippen molar-refractivity contribution in [2.45, 2.75) is 46.5 Å². The van der Waals surface area contributed by atoms with Crippen LogP contribution in [0.2, 0.25) is 0 Å². The Morgan fingerprint density at radius 2 is 2.05 bits per heavy atom. The maximum Gasteiger partial charge on any atom is 0.0177 e. The van der Waals surface area contributed by atoms with Crippen LogP contribution in [0.3, 0.4) is 0 Å². The van der Waals surface area contributed by atoms with Crippen molar-refractivity contribution >= 4 is 15.9 Å². The molecule has 0 aliphatic carbocycles. The molecule has 0 aromatic heterocycles. The Morgan fingerprint density at radius 3 is 2.68 bits per heavy atom. The highest BCUT2D eigenvalue weighted by molar-refractivity contribution is 9.10. The Labute approximate surface area is 127 Å². The second kappa shape index (κ2) is 9.55. The van der Waals surface area contributed by atoms with E-state index >= 15 is 0 Å². The highest BCUT2D eigenvalue weighted by Crippen LogP contribution is 2.21. The molecule has 1 N–H and O–H groups in total. The van der Waals surface area contributed by atoms with Crippen molar-refractivity contribution in [3.05, 3.63) is 34.3 Å². The van der Waals surface area contributed by atoms with Gasteiger partial charge in [-0.1, -0.05) is 55.3 Å². The first kappa shape index (κ1) is 16.7.